The molecule has 0 fully saturated rings. The lowest BCUT2D eigenvalue weighted by Crippen LogP contribution is -2.26. The van der Waals surface area contributed by atoms with Crippen LogP contribution in [0, 0.1) is 0 Å². The lowest BCUT2D eigenvalue weighted by atomic mass is 10.2. The number of hydrogen-bond acceptors (Lipinski definition) is 2. The third-order valence-electron chi connectivity index (χ3n) is 2.16. The molecule has 0 atom stereocenters. The predicted molar refractivity (Wildman–Crippen MR) is 53.3 cm³/mol. The molecule has 0 aliphatic carbocycles. The maximum absolute atomic E-state index is 8.66. The number of nitrogens with zero attached hydrogens (tertiary/aromatic N) is 1. The van der Waals surface area contributed by atoms with Crippen LogP contribution in [0.3, 0.4) is 0 Å². The molecule has 2 nitrogen and oxygen atoms in total. The number of aliphatic hydroxyl groups is 1. The van der Waals surface area contributed by atoms with Crippen LogP contribution in [0.4, 0.5) is 0 Å². The Labute approximate surface area is 76.6 Å². The van der Waals surface area contributed by atoms with Gasteiger partial charge in [0.1, 0.15) is 0 Å². The summed E-state index contributed by atoms with van der Waals surface area (Å²) >= 11 is 0. The zero-order valence-electron chi connectivity index (χ0n) is 8.55. The summed E-state index contributed by atoms with van der Waals surface area (Å²) in [6.45, 7) is 8.10. The first kappa shape index (κ1) is 11.9. The molecule has 0 saturated heterocycles. The van der Waals surface area contributed by atoms with Crippen molar-refractivity contribution < 1.29 is 5.11 Å². The molecular formula is C10H23NO. The van der Waals surface area contributed by atoms with Gasteiger partial charge in [-0.2, -0.15) is 0 Å². The Kier molecular flexibility index (Phi) is 8.95. The third kappa shape index (κ3) is 6.62. The van der Waals surface area contributed by atoms with Gasteiger partial charge in [0.05, 0.1) is 0 Å². The smallest absolute Gasteiger partial charge is 0.0443 e. The van der Waals surface area contributed by atoms with Gasteiger partial charge in [0.15, 0.2) is 0 Å². The largest absolute Gasteiger partial charge is 0.396 e. The van der Waals surface area contributed by atoms with Crippen LogP contribution in [0.25, 0.3) is 0 Å². The van der Waals surface area contributed by atoms with Crippen molar-refractivity contribution >= 4 is 0 Å². The number of unbranched alkanes of at least 4 members (excludes halogenated alkanes) is 2. The van der Waals surface area contributed by atoms with Gasteiger partial charge in [-0.1, -0.05) is 26.7 Å². The van der Waals surface area contributed by atoms with Crippen molar-refractivity contribution in [2.45, 2.75) is 39.5 Å². The second-order valence-corrected chi connectivity index (χ2v) is 3.22. The second kappa shape index (κ2) is 9.01. The van der Waals surface area contributed by atoms with Crippen molar-refractivity contribution in [1.29, 1.82) is 0 Å². The van der Waals surface area contributed by atoms with Crippen LogP contribution in [0.1, 0.15) is 39.5 Å². The van der Waals surface area contributed by atoms with Crippen LogP contribution in [0.5, 0.6) is 0 Å². The summed E-state index contributed by atoms with van der Waals surface area (Å²) in [6.07, 6.45) is 4.84. The van der Waals surface area contributed by atoms with Gasteiger partial charge in [0, 0.05) is 13.2 Å². The van der Waals surface area contributed by atoms with Gasteiger partial charge < -0.3 is 10.0 Å². The minimum atomic E-state index is 0.324. The van der Waals surface area contributed by atoms with E-state index in [1.165, 1.54) is 25.8 Å². The van der Waals surface area contributed by atoms with Gasteiger partial charge >= 0.3 is 0 Å². The van der Waals surface area contributed by atoms with Gasteiger partial charge in [-0.05, 0) is 25.9 Å². The van der Waals surface area contributed by atoms with Crippen LogP contribution < -0.4 is 0 Å². The van der Waals surface area contributed by atoms with Crippen LogP contribution >= 0.6 is 0 Å². The number of aliphatic hydroxyl groups excluding tert-OH is 1. The Morgan fingerprint density at radius 1 is 1.00 bits per heavy atom. The average molecular weight is 173 g/mol. The molecule has 0 aliphatic heterocycles. The summed E-state index contributed by atoms with van der Waals surface area (Å²) < 4.78 is 0. The van der Waals surface area contributed by atoms with Gasteiger partial charge in [-0.25, -0.2) is 0 Å². The highest BCUT2D eigenvalue weighted by Gasteiger charge is 1.99. The Morgan fingerprint density at radius 3 is 2.17 bits per heavy atom. The lowest BCUT2D eigenvalue weighted by molar-refractivity contribution is 0.227. The van der Waals surface area contributed by atoms with Crippen LogP contribution in [0.15, 0.2) is 0 Å². The molecule has 0 rings (SSSR count). The molecule has 0 saturated carbocycles. The quantitative estimate of drug-likeness (QED) is 0.566. The minimum absolute atomic E-state index is 0.324. The Balaban J connectivity index is 3.26. The van der Waals surface area contributed by atoms with E-state index in [-0.39, 0.29) is 0 Å². The maximum atomic E-state index is 8.66. The topological polar surface area (TPSA) is 23.5 Å². The van der Waals surface area contributed by atoms with Gasteiger partial charge in [-0.3, -0.25) is 0 Å². The monoisotopic (exact) mass is 173 g/mol. The Morgan fingerprint density at radius 2 is 1.67 bits per heavy atom. The first-order valence-corrected chi connectivity index (χ1v) is 5.18. The molecule has 0 amide bonds. The molecule has 1 N–H and O–H groups in total. The van der Waals surface area contributed by atoms with E-state index in [4.69, 9.17) is 5.11 Å². The normalized spacial score (nSPS) is 11.0. The fraction of sp³-hybridized carbons (Fsp3) is 1.00. The molecule has 0 heterocycles. The summed E-state index contributed by atoms with van der Waals surface area (Å²) in [5.41, 5.74) is 0. The molecule has 0 aromatic rings. The number of rotatable bonds is 8. The zero-order chi connectivity index (χ0) is 9.23. The molecule has 0 radical (unpaired) electrons. The summed E-state index contributed by atoms with van der Waals surface area (Å²) in [4.78, 5) is 2.41. The molecule has 74 valence electrons. The van der Waals surface area contributed by atoms with Gasteiger partial charge in [0.25, 0.3) is 0 Å². The molecule has 0 bridgehead atoms. The Hall–Kier alpha value is -0.0800. The molecule has 2 heteroatoms. The Bertz CT molecular complexity index is 85.9. The SMILES string of the molecule is CCCCCN(CC)CCCO. The zero-order valence-corrected chi connectivity index (χ0v) is 8.55. The highest BCUT2D eigenvalue weighted by molar-refractivity contribution is 4.54. The van der Waals surface area contributed by atoms with E-state index in [1.54, 1.807) is 0 Å². The van der Waals surface area contributed by atoms with E-state index >= 15 is 0 Å². The van der Waals surface area contributed by atoms with E-state index in [9.17, 15) is 0 Å². The summed E-state index contributed by atoms with van der Waals surface area (Å²) in [5, 5.41) is 8.66. The molecule has 0 spiro atoms. The van der Waals surface area contributed by atoms with E-state index in [2.05, 4.69) is 18.7 Å². The van der Waals surface area contributed by atoms with Gasteiger partial charge in [-0.15, -0.1) is 0 Å². The first-order valence-electron chi connectivity index (χ1n) is 5.18. The van der Waals surface area contributed by atoms with Crippen LogP contribution in [-0.2, 0) is 0 Å². The lowest BCUT2D eigenvalue weighted by Gasteiger charge is -2.19. The second-order valence-electron chi connectivity index (χ2n) is 3.22. The van der Waals surface area contributed by atoms with E-state index < -0.39 is 0 Å². The highest BCUT2D eigenvalue weighted by atomic mass is 16.3. The molecular weight excluding hydrogens is 150 g/mol. The van der Waals surface area contributed by atoms with Gasteiger partial charge in [0.2, 0.25) is 0 Å². The maximum Gasteiger partial charge on any atom is 0.0443 e. The molecule has 0 unspecified atom stereocenters. The first-order chi connectivity index (χ1) is 5.85. The average Bonchev–Trinajstić information content (AvgIpc) is 2.11. The van der Waals surface area contributed by atoms with Crippen molar-refractivity contribution in [3.63, 3.8) is 0 Å². The molecule has 0 aromatic heterocycles. The molecule has 12 heavy (non-hydrogen) atoms. The molecule has 0 aromatic carbocycles. The minimum Gasteiger partial charge on any atom is -0.396 e. The predicted octanol–water partition coefficient (Wildman–Crippen LogP) is 1.88. The number of hydrogen-bond donors (Lipinski definition) is 1. The summed E-state index contributed by atoms with van der Waals surface area (Å²) in [6, 6.07) is 0. The van der Waals surface area contributed by atoms with Crippen molar-refractivity contribution in [3.8, 4) is 0 Å². The van der Waals surface area contributed by atoms with Crippen molar-refractivity contribution in [2.75, 3.05) is 26.2 Å². The summed E-state index contributed by atoms with van der Waals surface area (Å²) in [7, 11) is 0. The van der Waals surface area contributed by atoms with Crippen molar-refractivity contribution in [2.24, 2.45) is 0 Å². The van der Waals surface area contributed by atoms with Crippen LogP contribution in [-0.4, -0.2) is 36.2 Å². The highest BCUT2D eigenvalue weighted by Crippen LogP contribution is 1.98. The summed E-state index contributed by atoms with van der Waals surface area (Å²) in [5.74, 6) is 0. The van der Waals surface area contributed by atoms with E-state index in [0.717, 1.165) is 19.5 Å². The molecule has 0 aliphatic rings. The van der Waals surface area contributed by atoms with E-state index in [0.29, 0.717) is 6.61 Å². The fourth-order valence-electron chi connectivity index (χ4n) is 1.31. The van der Waals surface area contributed by atoms with Crippen LogP contribution in [0.2, 0.25) is 0 Å². The van der Waals surface area contributed by atoms with E-state index in [1.807, 2.05) is 0 Å². The third-order valence-corrected chi connectivity index (χ3v) is 2.16. The van der Waals surface area contributed by atoms with Crippen molar-refractivity contribution in [1.82, 2.24) is 4.90 Å². The fourth-order valence-corrected chi connectivity index (χ4v) is 1.31. The standard InChI is InChI=1S/C10H23NO/c1-3-5-6-8-11(4-2)9-7-10-12/h12H,3-10H2,1-2H3. The van der Waals surface area contributed by atoms with Crippen molar-refractivity contribution in [3.05, 3.63) is 0 Å².